The van der Waals surface area contributed by atoms with E-state index in [1.807, 2.05) is 0 Å². The lowest BCUT2D eigenvalue weighted by Crippen LogP contribution is -2.29. The number of hydrogen-bond acceptors (Lipinski definition) is 4. The number of methoxy groups -OCH3 is 2. The number of amides is 1. The van der Waals surface area contributed by atoms with Crippen LogP contribution in [0, 0.1) is 11.3 Å². The van der Waals surface area contributed by atoms with Gasteiger partial charge in [0.2, 0.25) is 5.91 Å². The van der Waals surface area contributed by atoms with Gasteiger partial charge in [-0.25, -0.2) is 0 Å². The lowest BCUT2D eigenvalue weighted by atomic mass is 10.1. The maximum Gasteiger partial charge on any atom is 0.225 e. The zero-order valence-corrected chi connectivity index (χ0v) is 14.1. The van der Waals surface area contributed by atoms with Crippen LogP contribution < -0.4 is 14.8 Å². The molecule has 0 spiro atoms. The van der Waals surface area contributed by atoms with Gasteiger partial charge in [0.25, 0.3) is 0 Å². The first-order valence-electron chi connectivity index (χ1n) is 7.23. The molecule has 0 saturated heterocycles. The topological polar surface area (TPSA) is 71.3 Å². The zero-order chi connectivity index (χ0) is 17.5. The SMILES string of the molecule is COc1cccc(OC)c1CC(=O)NC(C#N)c1cccc(Cl)c1. The second-order valence-corrected chi connectivity index (χ2v) is 5.44. The molecule has 0 fully saturated rings. The van der Waals surface area contributed by atoms with Gasteiger partial charge in [-0.15, -0.1) is 0 Å². The summed E-state index contributed by atoms with van der Waals surface area (Å²) >= 11 is 5.94. The Hall–Kier alpha value is -2.71. The van der Waals surface area contributed by atoms with Crippen molar-refractivity contribution in [2.75, 3.05) is 14.2 Å². The molecule has 1 amide bonds. The zero-order valence-electron chi connectivity index (χ0n) is 13.4. The fourth-order valence-electron chi connectivity index (χ4n) is 2.35. The van der Waals surface area contributed by atoms with Gasteiger partial charge >= 0.3 is 0 Å². The van der Waals surface area contributed by atoms with E-state index in [-0.39, 0.29) is 12.3 Å². The second-order valence-electron chi connectivity index (χ2n) is 5.00. The largest absolute Gasteiger partial charge is 0.496 e. The van der Waals surface area contributed by atoms with Gasteiger partial charge in [-0.3, -0.25) is 4.79 Å². The van der Waals surface area contributed by atoms with Gasteiger partial charge in [0.05, 0.1) is 26.7 Å². The molecule has 0 aromatic heterocycles. The second kappa shape index (κ2) is 8.23. The van der Waals surface area contributed by atoms with Gasteiger partial charge in [-0.1, -0.05) is 29.8 Å². The maximum atomic E-state index is 12.4. The predicted molar refractivity (Wildman–Crippen MR) is 91.2 cm³/mol. The van der Waals surface area contributed by atoms with Gasteiger partial charge in [-0.05, 0) is 29.8 Å². The van der Waals surface area contributed by atoms with E-state index < -0.39 is 6.04 Å². The Labute approximate surface area is 145 Å². The highest BCUT2D eigenvalue weighted by molar-refractivity contribution is 6.30. The Morgan fingerprint density at radius 3 is 2.38 bits per heavy atom. The average Bonchev–Trinajstić information content (AvgIpc) is 2.59. The summed E-state index contributed by atoms with van der Waals surface area (Å²) in [5, 5.41) is 12.5. The highest BCUT2D eigenvalue weighted by Crippen LogP contribution is 2.29. The maximum absolute atomic E-state index is 12.4. The fraction of sp³-hybridized carbons (Fsp3) is 0.222. The lowest BCUT2D eigenvalue weighted by molar-refractivity contribution is -0.120. The summed E-state index contributed by atoms with van der Waals surface area (Å²) < 4.78 is 10.6. The van der Waals surface area contributed by atoms with Crippen molar-refractivity contribution in [1.82, 2.24) is 5.32 Å². The molecular weight excluding hydrogens is 328 g/mol. The molecule has 0 aliphatic heterocycles. The molecule has 2 aromatic rings. The Morgan fingerprint density at radius 2 is 1.83 bits per heavy atom. The highest BCUT2D eigenvalue weighted by Gasteiger charge is 2.18. The minimum absolute atomic E-state index is 0.0337. The molecule has 124 valence electrons. The molecule has 1 N–H and O–H groups in total. The number of ether oxygens (including phenoxy) is 2. The molecular formula is C18H17ClN2O3. The van der Waals surface area contributed by atoms with E-state index in [4.69, 9.17) is 21.1 Å². The van der Waals surface area contributed by atoms with Gasteiger partial charge in [0.1, 0.15) is 17.5 Å². The normalized spacial score (nSPS) is 11.2. The Bertz CT molecular complexity index is 749. The smallest absolute Gasteiger partial charge is 0.225 e. The molecule has 5 nitrogen and oxygen atoms in total. The van der Waals surface area contributed by atoms with E-state index in [9.17, 15) is 10.1 Å². The van der Waals surface area contributed by atoms with Gasteiger partial charge < -0.3 is 14.8 Å². The van der Waals surface area contributed by atoms with E-state index in [2.05, 4.69) is 11.4 Å². The number of benzene rings is 2. The van der Waals surface area contributed by atoms with Gasteiger partial charge in [0, 0.05) is 10.6 Å². The summed E-state index contributed by atoms with van der Waals surface area (Å²) in [6.45, 7) is 0. The Balaban J connectivity index is 2.17. The van der Waals surface area contributed by atoms with Crippen LogP contribution in [-0.2, 0) is 11.2 Å². The molecule has 6 heteroatoms. The van der Waals surface area contributed by atoms with Crippen molar-refractivity contribution in [3.8, 4) is 17.6 Å². The number of carbonyl (C=O) groups excluding carboxylic acids is 1. The van der Waals surface area contributed by atoms with Gasteiger partial charge in [0.15, 0.2) is 0 Å². The first-order valence-corrected chi connectivity index (χ1v) is 7.61. The highest BCUT2D eigenvalue weighted by atomic mass is 35.5. The summed E-state index contributed by atoms with van der Waals surface area (Å²) in [5.41, 5.74) is 1.26. The van der Waals surface area contributed by atoms with Crippen LogP contribution in [0.5, 0.6) is 11.5 Å². The number of nitrogens with zero attached hydrogens (tertiary/aromatic N) is 1. The molecule has 1 atom stereocenters. The van der Waals surface area contributed by atoms with Crippen LogP contribution in [0.25, 0.3) is 0 Å². The summed E-state index contributed by atoms with van der Waals surface area (Å²) in [4.78, 5) is 12.4. The third-order valence-electron chi connectivity index (χ3n) is 3.48. The monoisotopic (exact) mass is 344 g/mol. The number of hydrogen-bond donors (Lipinski definition) is 1. The van der Waals surface area contributed by atoms with Crippen LogP contribution in [-0.4, -0.2) is 20.1 Å². The molecule has 0 aliphatic rings. The molecule has 24 heavy (non-hydrogen) atoms. The van der Waals surface area contributed by atoms with E-state index in [1.165, 1.54) is 14.2 Å². The van der Waals surface area contributed by atoms with Crippen LogP contribution in [0.1, 0.15) is 17.2 Å². The van der Waals surface area contributed by atoms with Crippen molar-refractivity contribution >= 4 is 17.5 Å². The predicted octanol–water partition coefficient (Wildman–Crippen LogP) is 3.28. The van der Waals surface area contributed by atoms with E-state index >= 15 is 0 Å². The molecule has 2 rings (SSSR count). The molecule has 0 saturated carbocycles. The first-order chi connectivity index (χ1) is 11.6. The third kappa shape index (κ3) is 4.18. The minimum atomic E-state index is -0.781. The summed E-state index contributed by atoms with van der Waals surface area (Å²) in [6, 6.07) is 13.4. The third-order valence-corrected chi connectivity index (χ3v) is 3.72. The summed E-state index contributed by atoms with van der Waals surface area (Å²) in [5.74, 6) is 0.797. The Morgan fingerprint density at radius 1 is 1.21 bits per heavy atom. The molecule has 0 aliphatic carbocycles. The molecule has 2 aromatic carbocycles. The van der Waals surface area contributed by atoms with E-state index in [0.29, 0.717) is 27.6 Å². The first kappa shape index (κ1) is 17.6. The minimum Gasteiger partial charge on any atom is -0.496 e. The number of carbonyl (C=O) groups is 1. The van der Waals surface area contributed by atoms with E-state index in [1.54, 1.807) is 42.5 Å². The molecule has 0 heterocycles. The molecule has 1 unspecified atom stereocenters. The number of nitrogens with one attached hydrogen (secondary N) is 1. The molecule has 0 radical (unpaired) electrons. The van der Waals surface area contributed by atoms with Crippen molar-refractivity contribution in [2.24, 2.45) is 0 Å². The Kier molecular flexibility index (Phi) is 6.05. The van der Waals surface area contributed by atoms with Crippen LogP contribution in [0.3, 0.4) is 0 Å². The average molecular weight is 345 g/mol. The summed E-state index contributed by atoms with van der Waals surface area (Å²) in [6.07, 6.45) is 0.0337. The fourth-order valence-corrected chi connectivity index (χ4v) is 2.55. The van der Waals surface area contributed by atoms with Crippen LogP contribution in [0.15, 0.2) is 42.5 Å². The van der Waals surface area contributed by atoms with Crippen molar-refractivity contribution in [2.45, 2.75) is 12.5 Å². The van der Waals surface area contributed by atoms with E-state index in [0.717, 1.165) is 0 Å². The number of rotatable bonds is 6. The number of nitriles is 1. The van der Waals surface area contributed by atoms with Crippen LogP contribution in [0.4, 0.5) is 0 Å². The quantitative estimate of drug-likeness (QED) is 0.873. The van der Waals surface area contributed by atoms with Gasteiger partial charge in [-0.2, -0.15) is 5.26 Å². The van der Waals surface area contributed by atoms with Crippen molar-refractivity contribution in [3.05, 3.63) is 58.6 Å². The van der Waals surface area contributed by atoms with Crippen molar-refractivity contribution in [1.29, 1.82) is 5.26 Å². The number of halogens is 1. The molecule has 0 bridgehead atoms. The van der Waals surface area contributed by atoms with Crippen molar-refractivity contribution in [3.63, 3.8) is 0 Å². The standard InChI is InChI=1S/C18H17ClN2O3/c1-23-16-7-4-8-17(24-2)14(16)10-18(22)21-15(11-20)12-5-3-6-13(19)9-12/h3-9,15H,10H2,1-2H3,(H,21,22). The van der Waals surface area contributed by atoms with Crippen LogP contribution in [0.2, 0.25) is 5.02 Å². The van der Waals surface area contributed by atoms with Crippen molar-refractivity contribution < 1.29 is 14.3 Å². The summed E-state index contributed by atoms with van der Waals surface area (Å²) in [7, 11) is 3.06. The van der Waals surface area contributed by atoms with Crippen LogP contribution >= 0.6 is 11.6 Å². The lowest BCUT2D eigenvalue weighted by Gasteiger charge is -2.15.